The fraction of sp³-hybridized carbons (Fsp3) is 0.231. The molecule has 0 heterocycles. The van der Waals surface area contributed by atoms with Crippen molar-refractivity contribution in [3.8, 4) is 11.1 Å². The zero-order chi connectivity index (χ0) is 20.2. The van der Waals surface area contributed by atoms with E-state index in [2.05, 4.69) is 6.92 Å². The molecule has 3 aromatic rings. The van der Waals surface area contributed by atoms with Gasteiger partial charge in [-0.1, -0.05) is 86.1 Å². The Morgan fingerprint density at radius 3 is 1.97 bits per heavy atom. The van der Waals surface area contributed by atoms with Gasteiger partial charge >= 0.3 is 5.97 Å². The number of ketones is 1. The van der Waals surface area contributed by atoms with Gasteiger partial charge in [0, 0.05) is 23.1 Å². The third kappa shape index (κ3) is 4.00. The third-order valence-corrected chi connectivity index (χ3v) is 5.40. The lowest BCUT2D eigenvalue weighted by Gasteiger charge is -2.15. The summed E-state index contributed by atoms with van der Waals surface area (Å²) in [6.45, 7) is 2.13. The molecular formula is C26H24O3. The first-order chi connectivity index (χ1) is 14.2. The molecule has 1 aliphatic carbocycles. The van der Waals surface area contributed by atoms with E-state index >= 15 is 0 Å². The van der Waals surface area contributed by atoms with E-state index in [-0.39, 0.29) is 24.6 Å². The lowest BCUT2D eigenvalue weighted by Crippen LogP contribution is -2.12. The average Bonchev–Trinajstić information content (AvgIpc) is 3.07. The van der Waals surface area contributed by atoms with Gasteiger partial charge < -0.3 is 4.74 Å². The van der Waals surface area contributed by atoms with Crippen molar-refractivity contribution < 1.29 is 14.3 Å². The number of fused-ring (bicyclic) bond motifs is 3. The van der Waals surface area contributed by atoms with Crippen molar-refractivity contribution in [3.63, 3.8) is 0 Å². The van der Waals surface area contributed by atoms with Crippen molar-refractivity contribution in [2.45, 2.75) is 38.7 Å². The van der Waals surface area contributed by atoms with Crippen LogP contribution in [-0.2, 0) is 16.0 Å². The Balaban J connectivity index is 1.41. The zero-order valence-electron chi connectivity index (χ0n) is 16.6. The highest BCUT2D eigenvalue weighted by atomic mass is 16.5. The summed E-state index contributed by atoms with van der Waals surface area (Å²) in [5.74, 6) is -0.380. The number of Topliss-reactive ketones (excluding diaryl/α,β-unsaturated/α-hetero) is 1. The Morgan fingerprint density at radius 2 is 1.38 bits per heavy atom. The Bertz CT molecular complexity index is 988. The predicted molar refractivity (Wildman–Crippen MR) is 114 cm³/mol. The van der Waals surface area contributed by atoms with Crippen LogP contribution in [0.25, 0.3) is 11.1 Å². The molecule has 1 aliphatic rings. The van der Waals surface area contributed by atoms with Crippen LogP contribution in [0.5, 0.6) is 0 Å². The van der Waals surface area contributed by atoms with Crippen LogP contribution in [0, 0.1) is 0 Å². The molecule has 0 saturated carbocycles. The summed E-state index contributed by atoms with van der Waals surface area (Å²) in [6, 6.07) is 23.7. The fourth-order valence-electron chi connectivity index (χ4n) is 3.93. The molecule has 3 aromatic carbocycles. The standard InChI is InChI=1S/C26H24O3/c1-2-7-18-12-14-19(15-13-18)24(27)16-17-25(28)29-26-22-10-5-3-8-20(22)21-9-4-6-11-23(21)26/h3-6,8-15,26H,2,7,16-17H2,1H3. The van der Waals surface area contributed by atoms with Crippen molar-refractivity contribution in [1.29, 1.82) is 0 Å². The smallest absolute Gasteiger partial charge is 0.307 e. The fourth-order valence-corrected chi connectivity index (χ4v) is 3.93. The molecule has 3 heteroatoms. The highest BCUT2D eigenvalue weighted by molar-refractivity contribution is 5.97. The van der Waals surface area contributed by atoms with Crippen molar-refractivity contribution >= 4 is 11.8 Å². The summed E-state index contributed by atoms with van der Waals surface area (Å²) in [5, 5.41) is 0. The molecule has 29 heavy (non-hydrogen) atoms. The second-order valence-corrected chi connectivity index (χ2v) is 7.41. The van der Waals surface area contributed by atoms with E-state index in [0.717, 1.165) is 35.1 Å². The monoisotopic (exact) mass is 384 g/mol. The molecule has 0 fully saturated rings. The van der Waals surface area contributed by atoms with E-state index in [4.69, 9.17) is 4.74 Å². The van der Waals surface area contributed by atoms with E-state index in [0.29, 0.717) is 5.56 Å². The Hall–Kier alpha value is -3.20. The van der Waals surface area contributed by atoms with Crippen LogP contribution in [0.15, 0.2) is 72.8 Å². The number of hydrogen-bond donors (Lipinski definition) is 0. The van der Waals surface area contributed by atoms with Crippen molar-refractivity contribution in [1.82, 2.24) is 0 Å². The maximum atomic E-state index is 12.5. The van der Waals surface area contributed by atoms with Gasteiger partial charge in [0.2, 0.25) is 0 Å². The number of benzene rings is 3. The number of carbonyl (C=O) groups excluding carboxylic acids is 2. The summed E-state index contributed by atoms with van der Waals surface area (Å²) < 4.78 is 5.81. The highest BCUT2D eigenvalue weighted by Gasteiger charge is 2.30. The van der Waals surface area contributed by atoms with Crippen LogP contribution >= 0.6 is 0 Å². The molecule has 0 aliphatic heterocycles. The van der Waals surface area contributed by atoms with Gasteiger partial charge in [-0.15, -0.1) is 0 Å². The Kier molecular flexibility index (Phi) is 5.57. The van der Waals surface area contributed by atoms with Gasteiger partial charge in [0.1, 0.15) is 0 Å². The van der Waals surface area contributed by atoms with Gasteiger partial charge in [-0.25, -0.2) is 0 Å². The second kappa shape index (κ2) is 8.44. The van der Waals surface area contributed by atoms with E-state index in [1.165, 1.54) is 5.56 Å². The summed E-state index contributed by atoms with van der Waals surface area (Å²) in [6.07, 6.45) is 1.91. The number of aryl methyl sites for hydroxylation is 1. The molecule has 3 nitrogen and oxygen atoms in total. The molecule has 0 spiro atoms. The van der Waals surface area contributed by atoms with Crippen molar-refractivity contribution in [3.05, 3.63) is 95.1 Å². The lowest BCUT2D eigenvalue weighted by atomic mass is 10.0. The third-order valence-electron chi connectivity index (χ3n) is 5.40. The molecule has 0 radical (unpaired) electrons. The van der Waals surface area contributed by atoms with Crippen molar-refractivity contribution in [2.24, 2.45) is 0 Å². The maximum Gasteiger partial charge on any atom is 0.307 e. The van der Waals surface area contributed by atoms with Crippen LogP contribution in [0.2, 0.25) is 0 Å². The first-order valence-corrected chi connectivity index (χ1v) is 10.2. The quantitative estimate of drug-likeness (QED) is 0.375. The molecule has 0 saturated heterocycles. The van der Waals surface area contributed by atoms with Crippen LogP contribution in [0.4, 0.5) is 0 Å². The summed E-state index contributed by atoms with van der Waals surface area (Å²) in [4.78, 5) is 25.0. The topological polar surface area (TPSA) is 43.4 Å². The molecule has 146 valence electrons. The second-order valence-electron chi connectivity index (χ2n) is 7.41. The molecule has 0 unspecified atom stereocenters. The number of rotatable bonds is 7. The van der Waals surface area contributed by atoms with Gasteiger partial charge in [-0.2, -0.15) is 0 Å². The molecule has 0 amide bonds. The number of ether oxygens (including phenoxy) is 1. The Labute approximate surface area is 171 Å². The van der Waals surface area contributed by atoms with Gasteiger partial charge in [0.05, 0.1) is 6.42 Å². The van der Waals surface area contributed by atoms with Crippen LogP contribution in [-0.4, -0.2) is 11.8 Å². The average molecular weight is 384 g/mol. The largest absolute Gasteiger partial charge is 0.452 e. The Morgan fingerprint density at radius 1 is 0.793 bits per heavy atom. The van der Waals surface area contributed by atoms with E-state index < -0.39 is 6.10 Å². The van der Waals surface area contributed by atoms with Crippen LogP contribution in [0.1, 0.15) is 59.3 Å². The molecular weight excluding hydrogens is 360 g/mol. The van der Waals surface area contributed by atoms with Gasteiger partial charge in [0.15, 0.2) is 11.9 Å². The van der Waals surface area contributed by atoms with E-state index in [9.17, 15) is 9.59 Å². The minimum Gasteiger partial charge on any atom is -0.452 e. The number of esters is 1. The minimum absolute atomic E-state index is 0.0304. The molecule has 0 N–H and O–H groups in total. The number of carbonyl (C=O) groups is 2. The lowest BCUT2D eigenvalue weighted by molar-refractivity contribution is -0.147. The SMILES string of the molecule is CCCc1ccc(C(=O)CCC(=O)OC2c3ccccc3-c3ccccc32)cc1. The molecule has 0 bridgehead atoms. The minimum atomic E-state index is -0.404. The molecule has 0 aromatic heterocycles. The first-order valence-electron chi connectivity index (χ1n) is 10.2. The summed E-state index contributed by atoms with van der Waals surface area (Å²) in [7, 11) is 0. The summed E-state index contributed by atoms with van der Waals surface area (Å²) >= 11 is 0. The summed E-state index contributed by atoms with van der Waals surface area (Å²) in [5.41, 5.74) is 6.07. The van der Waals surface area contributed by atoms with E-state index in [1.807, 2.05) is 72.8 Å². The van der Waals surface area contributed by atoms with Crippen LogP contribution in [0.3, 0.4) is 0 Å². The zero-order valence-corrected chi connectivity index (χ0v) is 16.6. The predicted octanol–water partition coefficient (Wildman–Crippen LogP) is 5.92. The molecule has 4 rings (SSSR count). The van der Waals surface area contributed by atoms with E-state index in [1.54, 1.807) is 0 Å². The van der Waals surface area contributed by atoms with Gasteiger partial charge in [-0.3, -0.25) is 9.59 Å². The normalized spacial score (nSPS) is 12.3. The first kappa shape index (κ1) is 19.1. The highest BCUT2D eigenvalue weighted by Crippen LogP contribution is 2.45. The van der Waals surface area contributed by atoms with Crippen molar-refractivity contribution in [2.75, 3.05) is 0 Å². The number of hydrogen-bond acceptors (Lipinski definition) is 3. The molecule has 0 atom stereocenters. The van der Waals surface area contributed by atoms with Crippen LogP contribution < -0.4 is 0 Å². The van der Waals surface area contributed by atoms with Gasteiger partial charge in [-0.05, 0) is 23.1 Å². The van der Waals surface area contributed by atoms with Gasteiger partial charge in [0.25, 0.3) is 0 Å². The maximum absolute atomic E-state index is 12.5.